The summed E-state index contributed by atoms with van der Waals surface area (Å²) in [6, 6.07) is 10.6. The zero-order valence-electron chi connectivity index (χ0n) is 22.0. The fraction of sp³-hybridized carbons (Fsp3) is 0.393. The maximum absolute atomic E-state index is 14.0. The van der Waals surface area contributed by atoms with Crippen molar-refractivity contribution >= 4 is 50.5 Å². The first-order valence-electron chi connectivity index (χ1n) is 12.4. The van der Waals surface area contributed by atoms with Crippen LogP contribution in [0.4, 0.5) is 0 Å². The molecule has 2 heterocycles. The van der Waals surface area contributed by atoms with Crippen LogP contribution in [-0.2, 0) is 26.0 Å². The van der Waals surface area contributed by atoms with E-state index in [1.165, 1.54) is 9.18 Å². The minimum absolute atomic E-state index is 0.165. The van der Waals surface area contributed by atoms with E-state index in [2.05, 4.69) is 0 Å². The van der Waals surface area contributed by atoms with E-state index in [0.717, 1.165) is 16.7 Å². The molecule has 0 bridgehead atoms. The van der Waals surface area contributed by atoms with Crippen LogP contribution in [0, 0.1) is 20.8 Å². The van der Waals surface area contributed by atoms with E-state index in [0.29, 0.717) is 47.2 Å². The quantitative estimate of drug-likeness (QED) is 0.277. The van der Waals surface area contributed by atoms with Crippen molar-refractivity contribution < 1.29 is 17.9 Å². The molecular weight excluding hydrogens is 563 g/mol. The Bertz CT molecular complexity index is 1420. The normalized spacial score (nSPS) is 15.7. The van der Waals surface area contributed by atoms with Gasteiger partial charge >= 0.3 is 0 Å². The number of fused-ring (bicyclic) bond motifs is 1. The third kappa shape index (κ3) is 5.96. The van der Waals surface area contributed by atoms with Crippen LogP contribution in [0.1, 0.15) is 45.2 Å². The summed E-state index contributed by atoms with van der Waals surface area (Å²) in [6.45, 7) is 6.26. The van der Waals surface area contributed by atoms with Crippen LogP contribution in [0.3, 0.4) is 0 Å². The van der Waals surface area contributed by atoms with Crippen molar-refractivity contribution in [2.24, 2.45) is 0 Å². The summed E-state index contributed by atoms with van der Waals surface area (Å²) in [5.41, 5.74) is 4.10. The predicted molar refractivity (Wildman–Crippen MR) is 154 cm³/mol. The summed E-state index contributed by atoms with van der Waals surface area (Å²) >= 11 is 14.4. The van der Waals surface area contributed by atoms with Gasteiger partial charge in [-0.1, -0.05) is 47.0 Å². The van der Waals surface area contributed by atoms with Crippen molar-refractivity contribution in [3.8, 4) is 0 Å². The Balaban J connectivity index is 1.71. The molecule has 1 aromatic heterocycles. The lowest BCUT2D eigenvalue weighted by Gasteiger charge is -2.38. The molecule has 4 rings (SSSR count). The molecule has 10 heteroatoms. The van der Waals surface area contributed by atoms with Crippen molar-refractivity contribution in [3.05, 3.63) is 84.5 Å². The lowest BCUT2D eigenvalue weighted by atomic mass is 9.93. The van der Waals surface area contributed by atoms with Gasteiger partial charge in [0.25, 0.3) is 0 Å². The van der Waals surface area contributed by atoms with Crippen molar-refractivity contribution in [1.82, 2.24) is 9.21 Å². The second kappa shape index (κ2) is 12.1. The summed E-state index contributed by atoms with van der Waals surface area (Å²) in [7, 11) is -2.38. The van der Waals surface area contributed by atoms with Gasteiger partial charge in [0.2, 0.25) is 15.9 Å². The number of amides is 1. The number of hydrogen-bond donors (Lipinski definition) is 0. The number of ether oxygens (including phenoxy) is 1. The number of methoxy groups -OCH3 is 1. The first kappa shape index (κ1) is 29.1. The number of sulfonamides is 1. The number of hydrogen-bond acceptors (Lipinski definition) is 5. The summed E-state index contributed by atoms with van der Waals surface area (Å²) in [4.78, 5) is 17.2. The highest BCUT2D eigenvalue weighted by Gasteiger charge is 2.37. The summed E-state index contributed by atoms with van der Waals surface area (Å²) < 4.78 is 34.4. The van der Waals surface area contributed by atoms with Crippen LogP contribution in [-0.4, -0.2) is 56.9 Å². The molecular formula is C28H32Cl2N2O4S2. The van der Waals surface area contributed by atoms with Gasteiger partial charge in [0.1, 0.15) is 0 Å². The molecule has 6 nitrogen and oxygen atoms in total. The molecule has 1 aliphatic heterocycles. The smallest absolute Gasteiger partial charge is 0.244 e. The van der Waals surface area contributed by atoms with Crippen molar-refractivity contribution in [1.29, 1.82) is 0 Å². The first-order valence-corrected chi connectivity index (χ1v) is 15.5. The lowest BCUT2D eigenvalue weighted by Crippen LogP contribution is -2.47. The number of halogens is 2. The number of carbonyl (C=O) groups is 1. The SMILES string of the molecule is COCCCN(CC(=O)N1CCc2sccc2C1c1ccc(Cl)cc1Cl)S(=O)(=O)c1c(C)cc(C)cc1C. The van der Waals surface area contributed by atoms with E-state index in [1.54, 1.807) is 49.3 Å². The second-order valence-corrected chi connectivity index (χ2v) is 13.3. The molecule has 1 amide bonds. The number of rotatable bonds is 9. The molecule has 38 heavy (non-hydrogen) atoms. The Labute approximate surface area is 239 Å². The minimum atomic E-state index is -3.95. The van der Waals surface area contributed by atoms with Gasteiger partial charge in [-0.05, 0) is 79.4 Å². The third-order valence-electron chi connectivity index (χ3n) is 6.81. The van der Waals surface area contributed by atoms with Gasteiger partial charge in [-0.2, -0.15) is 4.31 Å². The van der Waals surface area contributed by atoms with E-state index < -0.39 is 16.1 Å². The van der Waals surface area contributed by atoms with E-state index in [9.17, 15) is 13.2 Å². The molecule has 3 aromatic rings. The second-order valence-electron chi connectivity index (χ2n) is 9.62. The van der Waals surface area contributed by atoms with Gasteiger partial charge < -0.3 is 9.64 Å². The average Bonchev–Trinajstić information content (AvgIpc) is 3.31. The lowest BCUT2D eigenvalue weighted by molar-refractivity contribution is -0.133. The minimum Gasteiger partial charge on any atom is -0.385 e. The first-order chi connectivity index (χ1) is 18.0. The molecule has 0 saturated heterocycles. The van der Waals surface area contributed by atoms with Crippen molar-refractivity contribution in [2.75, 3.05) is 33.4 Å². The monoisotopic (exact) mass is 594 g/mol. The standard InChI is InChI=1S/C28H32Cl2N2O4S2/c1-18-14-19(2)28(20(3)15-18)38(34,35)31(10-5-12-36-4)17-26(33)32-11-8-25-23(9-13-37-25)27(32)22-7-6-21(29)16-24(22)30/h6-7,9,13-16,27H,5,8,10-12,17H2,1-4H3. The van der Waals surface area contributed by atoms with Crippen molar-refractivity contribution in [2.45, 2.75) is 44.6 Å². The van der Waals surface area contributed by atoms with Crippen LogP contribution in [0.25, 0.3) is 0 Å². The highest BCUT2D eigenvalue weighted by atomic mass is 35.5. The number of nitrogens with zero attached hydrogens (tertiary/aromatic N) is 2. The van der Waals surface area contributed by atoms with E-state index in [4.69, 9.17) is 27.9 Å². The van der Waals surface area contributed by atoms with Crippen LogP contribution in [0.15, 0.2) is 46.7 Å². The fourth-order valence-electron chi connectivity index (χ4n) is 5.26. The zero-order valence-corrected chi connectivity index (χ0v) is 25.1. The molecule has 0 spiro atoms. The molecule has 204 valence electrons. The largest absolute Gasteiger partial charge is 0.385 e. The topological polar surface area (TPSA) is 66.9 Å². The molecule has 0 saturated carbocycles. The van der Waals surface area contributed by atoms with Crippen LogP contribution in [0.5, 0.6) is 0 Å². The highest BCUT2D eigenvalue weighted by molar-refractivity contribution is 7.89. The maximum atomic E-state index is 14.0. The Morgan fingerprint density at radius 2 is 1.82 bits per heavy atom. The Morgan fingerprint density at radius 3 is 2.47 bits per heavy atom. The fourth-order valence-corrected chi connectivity index (χ4v) is 8.51. The van der Waals surface area contributed by atoms with Gasteiger partial charge in [0.15, 0.2) is 0 Å². The predicted octanol–water partition coefficient (Wildman–Crippen LogP) is 6.18. The van der Waals surface area contributed by atoms with Crippen LogP contribution < -0.4 is 0 Å². The van der Waals surface area contributed by atoms with E-state index in [-0.39, 0.29) is 23.9 Å². The van der Waals surface area contributed by atoms with Gasteiger partial charge in [-0.15, -0.1) is 11.3 Å². The molecule has 1 aliphatic rings. The van der Waals surface area contributed by atoms with Crippen LogP contribution >= 0.6 is 34.5 Å². The maximum Gasteiger partial charge on any atom is 0.244 e. The molecule has 0 N–H and O–H groups in total. The summed E-state index contributed by atoms with van der Waals surface area (Å²) in [6.07, 6.45) is 1.17. The Kier molecular flexibility index (Phi) is 9.22. The van der Waals surface area contributed by atoms with Gasteiger partial charge in [0, 0.05) is 41.7 Å². The number of thiophene rings is 1. The zero-order chi connectivity index (χ0) is 27.6. The molecule has 0 fully saturated rings. The third-order valence-corrected chi connectivity index (χ3v) is 10.5. The average molecular weight is 596 g/mol. The molecule has 0 radical (unpaired) electrons. The molecule has 0 aliphatic carbocycles. The van der Waals surface area contributed by atoms with Gasteiger partial charge in [-0.3, -0.25) is 4.79 Å². The van der Waals surface area contributed by atoms with Gasteiger partial charge in [-0.25, -0.2) is 8.42 Å². The van der Waals surface area contributed by atoms with E-state index in [1.807, 2.05) is 36.6 Å². The number of carbonyl (C=O) groups excluding carboxylic acids is 1. The molecule has 2 aromatic carbocycles. The summed E-state index contributed by atoms with van der Waals surface area (Å²) in [5, 5.41) is 2.99. The van der Waals surface area contributed by atoms with E-state index >= 15 is 0 Å². The van der Waals surface area contributed by atoms with Crippen molar-refractivity contribution in [3.63, 3.8) is 0 Å². The molecule has 1 atom stereocenters. The molecule has 1 unspecified atom stereocenters. The Hall–Kier alpha value is -1.94. The van der Waals surface area contributed by atoms with Gasteiger partial charge in [0.05, 0.1) is 17.5 Å². The Morgan fingerprint density at radius 1 is 1.11 bits per heavy atom. The number of benzene rings is 2. The number of aryl methyl sites for hydroxylation is 3. The summed E-state index contributed by atoms with van der Waals surface area (Å²) in [5.74, 6) is -0.277. The highest BCUT2D eigenvalue weighted by Crippen LogP contribution is 2.41. The van der Waals surface area contributed by atoms with Crippen LogP contribution in [0.2, 0.25) is 10.0 Å².